The molecule has 6 nitrogen and oxygen atoms in total. The maximum absolute atomic E-state index is 14.0. The van der Waals surface area contributed by atoms with E-state index in [1.165, 1.54) is 4.90 Å². The van der Waals surface area contributed by atoms with Gasteiger partial charge in [0.1, 0.15) is 5.54 Å². The number of amides is 3. The minimum absolute atomic E-state index is 0.0921. The molecule has 3 saturated heterocycles. The minimum Gasteiger partial charge on any atom is -0.324 e. The van der Waals surface area contributed by atoms with Crippen molar-refractivity contribution in [3.8, 4) is 0 Å². The molecule has 3 amide bonds. The van der Waals surface area contributed by atoms with Crippen LogP contribution in [0.25, 0.3) is 0 Å². The van der Waals surface area contributed by atoms with Crippen LogP contribution in [-0.4, -0.2) is 35.2 Å². The number of carbonyl (C=O) groups is 3. The van der Waals surface area contributed by atoms with Gasteiger partial charge < -0.3 is 5.32 Å². The number of nitrogens with zero attached hydrogens (tertiary/aromatic N) is 2. The highest BCUT2D eigenvalue weighted by Gasteiger charge is 2.74. The highest BCUT2D eigenvalue weighted by molar-refractivity contribution is 6.26. The Labute approximate surface area is 187 Å². The van der Waals surface area contributed by atoms with E-state index in [1.54, 1.807) is 0 Å². The van der Waals surface area contributed by atoms with E-state index in [1.807, 2.05) is 52.0 Å². The first-order valence-corrected chi connectivity index (χ1v) is 11.4. The van der Waals surface area contributed by atoms with Crippen LogP contribution in [0.15, 0.2) is 30.3 Å². The van der Waals surface area contributed by atoms with Gasteiger partial charge >= 0.3 is 0 Å². The third-order valence-corrected chi connectivity index (χ3v) is 8.19. The molecule has 0 bridgehead atoms. The Kier molecular flexibility index (Phi) is 3.87. The smallest absolute Gasteiger partial charge is 0.250 e. The van der Waals surface area contributed by atoms with E-state index in [4.69, 9.17) is 0 Å². The van der Waals surface area contributed by atoms with E-state index in [-0.39, 0.29) is 23.8 Å². The van der Waals surface area contributed by atoms with Gasteiger partial charge in [-0.2, -0.15) is 0 Å². The molecule has 4 aliphatic rings. The Hall–Kier alpha value is -2.99. The fourth-order valence-corrected chi connectivity index (χ4v) is 6.78. The fourth-order valence-electron chi connectivity index (χ4n) is 6.78. The highest BCUT2D eigenvalue weighted by Crippen LogP contribution is 2.61. The van der Waals surface area contributed by atoms with Gasteiger partial charge in [-0.1, -0.05) is 23.8 Å². The van der Waals surface area contributed by atoms with Crippen LogP contribution in [0, 0.1) is 39.5 Å². The van der Waals surface area contributed by atoms with Crippen molar-refractivity contribution in [2.24, 2.45) is 11.8 Å². The molecular weight excluding hydrogens is 402 g/mol. The van der Waals surface area contributed by atoms with Gasteiger partial charge in [0.15, 0.2) is 0 Å². The van der Waals surface area contributed by atoms with Crippen LogP contribution in [0.1, 0.15) is 40.7 Å². The molecule has 3 fully saturated rings. The van der Waals surface area contributed by atoms with Crippen molar-refractivity contribution in [3.63, 3.8) is 0 Å². The quantitative estimate of drug-likeness (QED) is 0.706. The lowest BCUT2D eigenvalue weighted by atomic mass is 9.75. The van der Waals surface area contributed by atoms with Crippen LogP contribution in [0.3, 0.4) is 0 Å². The summed E-state index contributed by atoms with van der Waals surface area (Å²) in [6, 6.07) is 9.69. The average Bonchev–Trinajstić information content (AvgIpc) is 3.44. The third-order valence-electron chi connectivity index (χ3n) is 8.19. The Morgan fingerprint density at radius 1 is 0.938 bits per heavy atom. The van der Waals surface area contributed by atoms with E-state index in [2.05, 4.69) is 16.3 Å². The molecule has 4 unspecified atom stereocenters. The van der Waals surface area contributed by atoms with E-state index in [0.29, 0.717) is 5.69 Å². The predicted molar refractivity (Wildman–Crippen MR) is 121 cm³/mol. The van der Waals surface area contributed by atoms with Crippen molar-refractivity contribution in [1.82, 2.24) is 4.90 Å². The van der Waals surface area contributed by atoms with Crippen LogP contribution in [-0.2, 0) is 19.9 Å². The molecule has 0 aliphatic carbocycles. The second kappa shape index (κ2) is 6.29. The summed E-state index contributed by atoms with van der Waals surface area (Å²) < 4.78 is 0. The molecule has 2 aromatic rings. The van der Waals surface area contributed by atoms with Crippen molar-refractivity contribution in [2.45, 2.75) is 52.1 Å². The van der Waals surface area contributed by atoms with E-state index in [0.717, 1.165) is 52.9 Å². The van der Waals surface area contributed by atoms with E-state index < -0.39 is 17.4 Å². The molecule has 1 N–H and O–H groups in total. The third kappa shape index (κ3) is 2.16. The van der Waals surface area contributed by atoms with Crippen molar-refractivity contribution in [3.05, 3.63) is 58.1 Å². The molecule has 1 spiro atoms. The highest BCUT2D eigenvalue weighted by atomic mass is 16.2. The molecule has 0 radical (unpaired) electrons. The summed E-state index contributed by atoms with van der Waals surface area (Å²) in [5.74, 6) is -1.78. The first kappa shape index (κ1) is 19.7. The zero-order valence-corrected chi connectivity index (χ0v) is 18.9. The van der Waals surface area contributed by atoms with Crippen LogP contribution in [0.2, 0.25) is 0 Å². The maximum atomic E-state index is 14.0. The predicted octanol–water partition coefficient (Wildman–Crippen LogP) is 3.35. The van der Waals surface area contributed by atoms with Gasteiger partial charge in [0.05, 0.1) is 17.5 Å². The van der Waals surface area contributed by atoms with Crippen molar-refractivity contribution >= 4 is 29.1 Å². The second-order valence-corrected chi connectivity index (χ2v) is 9.91. The largest absolute Gasteiger partial charge is 0.324 e. The molecule has 0 aromatic heterocycles. The number of aryl methyl sites for hydroxylation is 4. The van der Waals surface area contributed by atoms with Crippen molar-refractivity contribution in [2.75, 3.05) is 16.8 Å². The summed E-state index contributed by atoms with van der Waals surface area (Å²) in [5, 5.41) is 3.09. The number of nitrogens with one attached hydrogen (secondary N) is 1. The molecular formula is C26H27N3O3. The second-order valence-electron chi connectivity index (χ2n) is 9.91. The van der Waals surface area contributed by atoms with Gasteiger partial charge in [0.2, 0.25) is 17.7 Å². The molecule has 2 aromatic carbocycles. The zero-order valence-electron chi connectivity index (χ0n) is 18.9. The number of hydrogen-bond acceptors (Lipinski definition) is 4. The van der Waals surface area contributed by atoms with Crippen LogP contribution in [0.5, 0.6) is 0 Å². The monoisotopic (exact) mass is 429 g/mol. The number of benzene rings is 2. The van der Waals surface area contributed by atoms with Crippen molar-refractivity contribution in [1.29, 1.82) is 0 Å². The van der Waals surface area contributed by atoms with Crippen LogP contribution >= 0.6 is 0 Å². The molecule has 4 aliphatic heterocycles. The summed E-state index contributed by atoms with van der Waals surface area (Å²) in [6.45, 7) is 8.72. The first-order chi connectivity index (χ1) is 15.3. The number of anilines is 2. The Morgan fingerprint density at radius 3 is 2.47 bits per heavy atom. The number of hydrogen-bond donors (Lipinski definition) is 1. The number of rotatable bonds is 1. The molecule has 6 rings (SSSR count). The van der Waals surface area contributed by atoms with Gasteiger partial charge in [0.25, 0.3) is 0 Å². The summed E-state index contributed by atoms with van der Waals surface area (Å²) >= 11 is 0. The summed E-state index contributed by atoms with van der Waals surface area (Å²) in [7, 11) is 0. The summed E-state index contributed by atoms with van der Waals surface area (Å²) in [6.07, 6.45) is 1.75. The lowest BCUT2D eigenvalue weighted by Gasteiger charge is -2.37. The number of imide groups is 1. The Balaban J connectivity index is 1.57. The van der Waals surface area contributed by atoms with Gasteiger partial charge in [-0.25, -0.2) is 4.90 Å². The molecule has 0 saturated carbocycles. The van der Waals surface area contributed by atoms with E-state index in [9.17, 15) is 14.4 Å². The lowest BCUT2D eigenvalue weighted by molar-refractivity contribution is -0.135. The Bertz CT molecular complexity index is 1240. The summed E-state index contributed by atoms with van der Waals surface area (Å²) in [5.41, 5.74) is 5.36. The van der Waals surface area contributed by atoms with Gasteiger partial charge in [0, 0.05) is 17.3 Å². The standard InChI is InChI=1S/C26H27N3O3/c1-13-10-16(4)22-18(11-13)26(25(32)27-22)21-20(19-6-5-9-28(19)26)23(30)29(24(21)31)17-8-7-14(2)15(3)12-17/h7-8,10-12,19-21H,5-6,9H2,1-4H3,(H,27,32). The SMILES string of the molecule is Cc1cc(C)c2c(c1)C1(C(=O)N2)C2C(=O)N(c3ccc(C)c(C)c3)C(=O)C2C2CCCN21. The van der Waals surface area contributed by atoms with Gasteiger partial charge in [-0.3, -0.25) is 19.3 Å². The number of carbonyl (C=O) groups excluding carboxylic acids is 3. The van der Waals surface area contributed by atoms with Gasteiger partial charge in [-0.15, -0.1) is 0 Å². The van der Waals surface area contributed by atoms with E-state index >= 15 is 0 Å². The van der Waals surface area contributed by atoms with Crippen molar-refractivity contribution < 1.29 is 14.4 Å². The zero-order chi connectivity index (χ0) is 22.5. The minimum atomic E-state index is -1.11. The maximum Gasteiger partial charge on any atom is 0.250 e. The van der Waals surface area contributed by atoms with Crippen LogP contribution < -0.4 is 10.2 Å². The molecule has 32 heavy (non-hydrogen) atoms. The lowest BCUT2D eigenvalue weighted by Crippen LogP contribution is -2.54. The Morgan fingerprint density at radius 2 is 1.72 bits per heavy atom. The topological polar surface area (TPSA) is 69.7 Å². The summed E-state index contributed by atoms with van der Waals surface area (Å²) in [4.78, 5) is 45.1. The molecule has 6 heteroatoms. The molecule has 4 atom stereocenters. The van der Waals surface area contributed by atoms with Crippen LogP contribution in [0.4, 0.5) is 11.4 Å². The molecule has 164 valence electrons. The number of fused-ring (bicyclic) bond motifs is 7. The fraction of sp³-hybridized carbons (Fsp3) is 0.423. The molecule has 4 heterocycles. The van der Waals surface area contributed by atoms with Gasteiger partial charge in [-0.05, 0) is 75.9 Å². The first-order valence-electron chi connectivity index (χ1n) is 11.4. The normalized spacial score (nSPS) is 30.8. The average molecular weight is 430 g/mol.